The smallest absolute Gasteiger partial charge is 0.0650 e. The number of aromatic nitrogens is 1. The summed E-state index contributed by atoms with van der Waals surface area (Å²) in [6.45, 7) is 0. The van der Waals surface area contributed by atoms with E-state index in [-0.39, 0.29) is 0 Å². The first-order valence-electron chi connectivity index (χ1n) is 5.68. The van der Waals surface area contributed by atoms with Gasteiger partial charge in [0.25, 0.3) is 0 Å². The molecule has 0 aliphatic heterocycles. The average Bonchev–Trinajstić information content (AvgIpc) is 2.85. The van der Waals surface area contributed by atoms with Crippen molar-refractivity contribution in [1.82, 2.24) is 4.98 Å². The Labute approximate surface area is 110 Å². The van der Waals surface area contributed by atoms with Gasteiger partial charge in [-0.1, -0.05) is 29.8 Å². The van der Waals surface area contributed by atoms with Gasteiger partial charge in [0, 0.05) is 23.0 Å². The molecule has 88 valence electrons. The number of rotatable bonds is 2. The van der Waals surface area contributed by atoms with Crippen LogP contribution in [-0.4, -0.2) is 11.2 Å². The molecule has 18 heavy (non-hydrogen) atoms. The molecule has 2 nitrogen and oxygen atoms in total. The molecule has 3 rings (SSSR count). The molecule has 0 atom stereocenters. The zero-order chi connectivity index (χ0) is 12.4. The largest absolute Gasteiger partial charge is 0.361 e. The van der Waals surface area contributed by atoms with E-state index in [1.165, 1.54) is 5.39 Å². The Morgan fingerprint density at radius 3 is 2.67 bits per heavy atom. The van der Waals surface area contributed by atoms with Crippen LogP contribution in [0.1, 0.15) is 5.56 Å². The Morgan fingerprint density at radius 2 is 1.83 bits per heavy atom. The number of nitrogens with zero attached hydrogens (tertiary/aromatic N) is 1. The lowest BCUT2D eigenvalue weighted by Gasteiger charge is -1.96. The number of aromatic amines is 1. The van der Waals surface area contributed by atoms with Crippen LogP contribution in [-0.2, 0) is 0 Å². The molecule has 0 bridgehead atoms. The highest BCUT2D eigenvalue weighted by Gasteiger charge is 1.95. The van der Waals surface area contributed by atoms with Gasteiger partial charge in [-0.25, -0.2) is 0 Å². The Hall–Kier alpha value is -2.06. The minimum Gasteiger partial charge on any atom is -0.361 e. The summed E-state index contributed by atoms with van der Waals surface area (Å²) < 4.78 is 0. The zero-order valence-corrected chi connectivity index (χ0v) is 10.4. The van der Waals surface area contributed by atoms with Gasteiger partial charge in [-0.05, 0) is 41.3 Å². The number of fused-ring (bicyclic) bond motifs is 1. The number of aliphatic imine (C=N–C) groups is 1. The molecule has 0 aliphatic rings. The van der Waals surface area contributed by atoms with Gasteiger partial charge in [-0.15, -0.1) is 0 Å². The third-order valence-corrected chi connectivity index (χ3v) is 3.02. The average molecular weight is 255 g/mol. The number of halogens is 1. The summed E-state index contributed by atoms with van der Waals surface area (Å²) in [4.78, 5) is 7.62. The van der Waals surface area contributed by atoms with Crippen LogP contribution in [0.25, 0.3) is 10.9 Å². The van der Waals surface area contributed by atoms with Crippen LogP contribution in [0.4, 0.5) is 5.69 Å². The van der Waals surface area contributed by atoms with Crippen LogP contribution < -0.4 is 0 Å². The molecule has 3 heteroatoms. The van der Waals surface area contributed by atoms with Crippen molar-refractivity contribution in [3.8, 4) is 0 Å². The molecular weight excluding hydrogens is 244 g/mol. The quantitative estimate of drug-likeness (QED) is 0.649. The van der Waals surface area contributed by atoms with Crippen LogP contribution in [0.5, 0.6) is 0 Å². The topological polar surface area (TPSA) is 28.1 Å². The van der Waals surface area contributed by atoms with E-state index < -0.39 is 0 Å². The number of nitrogens with one attached hydrogen (secondary N) is 1. The second-order valence-electron chi connectivity index (χ2n) is 4.06. The molecule has 1 aromatic heterocycles. The summed E-state index contributed by atoms with van der Waals surface area (Å²) in [7, 11) is 0. The number of H-pyrrole nitrogens is 1. The van der Waals surface area contributed by atoms with E-state index in [0.29, 0.717) is 0 Å². The molecule has 0 saturated carbocycles. The molecule has 2 aromatic carbocycles. The van der Waals surface area contributed by atoms with Gasteiger partial charge in [-0.3, -0.25) is 4.99 Å². The van der Waals surface area contributed by atoms with Crippen LogP contribution in [0.2, 0.25) is 5.02 Å². The van der Waals surface area contributed by atoms with E-state index in [2.05, 4.69) is 16.0 Å². The van der Waals surface area contributed by atoms with Gasteiger partial charge in [-0.2, -0.15) is 0 Å². The highest BCUT2D eigenvalue weighted by molar-refractivity contribution is 6.30. The Morgan fingerprint density at radius 1 is 1.00 bits per heavy atom. The van der Waals surface area contributed by atoms with Crippen LogP contribution in [0.15, 0.2) is 59.7 Å². The molecule has 0 spiro atoms. The summed E-state index contributed by atoms with van der Waals surface area (Å²) in [5.74, 6) is 0. The van der Waals surface area contributed by atoms with Crippen LogP contribution >= 0.6 is 11.6 Å². The fourth-order valence-corrected chi connectivity index (χ4v) is 1.94. The zero-order valence-electron chi connectivity index (χ0n) is 9.60. The molecular formula is C15H11ClN2. The van der Waals surface area contributed by atoms with Crippen molar-refractivity contribution in [2.45, 2.75) is 0 Å². The van der Waals surface area contributed by atoms with Crippen molar-refractivity contribution in [2.24, 2.45) is 4.99 Å². The maximum Gasteiger partial charge on any atom is 0.0650 e. The van der Waals surface area contributed by atoms with Crippen molar-refractivity contribution in [2.75, 3.05) is 0 Å². The van der Waals surface area contributed by atoms with Crippen molar-refractivity contribution < 1.29 is 0 Å². The molecule has 0 fully saturated rings. The molecule has 1 N–H and O–H groups in total. The van der Waals surface area contributed by atoms with Gasteiger partial charge in [0.2, 0.25) is 0 Å². The third kappa shape index (κ3) is 2.29. The van der Waals surface area contributed by atoms with E-state index in [1.54, 1.807) is 0 Å². The second kappa shape index (κ2) is 4.67. The SMILES string of the molecule is Clc1ccc(C=Nc2ccc3cc[nH]c3c2)cc1. The molecule has 3 aromatic rings. The first-order chi connectivity index (χ1) is 8.81. The summed E-state index contributed by atoms with van der Waals surface area (Å²) in [6.07, 6.45) is 3.76. The summed E-state index contributed by atoms with van der Waals surface area (Å²) in [6, 6.07) is 15.7. The van der Waals surface area contributed by atoms with Crippen molar-refractivity contribution >= 4 is 34.4 Å². The standard InChI is InChI=1S/C15H11ClN2/c16-13-4-1-11(2-5-13)10-18-14-6-3-12-7-8-17-15(12)9-14/h1-10,17H. The van der Waals surface area contributed by atoms with Crippen molar-refractivity contribution in [1.29, 1.82) is 0 Å². The maximum atomic E-state index is 5.83. The van der Waals surface area contributed by atoms with Gasteiger partial charge < -0.3 is 4.98 Å². The lowest BCUT2D eigenvalue weighted by Crippen LogP contribution is -1.79. The van der Waals surface area contributed by atoms with Gasteiger partial charge in [0.15, 0.2) is 0 Å². The van der Waals surface area contributed by atoms with E-state index in [0.717, 1.165) is 21.8 Å². The van der Waals surface area contributed by atoms with E-state index in [9.17, 15) is 0 Å². The van der Waals surface area contributed by atoms with E-state index in [4.69, 9.17) is 11.6 Å². The first-order valence-corrected chi connectivity index (χ1v) is 6.06. The fraction of sp³-hybridized carbons (Fsp3) is 0. The lowest BCUT2D eigenvalue weighted by molar-refractivity contribution is 1.46. The minimum absolute atomic E-state index is 0.736. The van der Waals surface area contributed by atoms with E-state index >= 15 is 0 Å². The Bertz CT molecular complexity index is 696. The van der Waals surface area contributed by atoms with Crippen LogP contribution in [0, 0.1) is 0 Å². The molecule has 1 heterocycles. The molecule has 0 amide bonds. The molecule has 0 saturated heterocycles. The third-order valence-electron chi connectivity index (χ3n) is 2.77. The van der Waals surface area contributed by atoms with Gasteiger partial charge in [0.1, 0.15) is 0 Å². The number of benzene rings is 2. The molecule has 0 unspecified atom stereocenters. The number of hydrogen-bond acceptors (Lipinski definition) is 1. The number of hydrogen-bond donors (Lipinski definition) is 1. The summed E-state index contributed by atoms with van der Waals surface area (Å²) in [5.41, 5.74) is 3.06. The van der Waals surface area contributed by atoms with Crippen molar-refractivity contribution in [3.63, 3.8) is 0 Å². The predicted molar refractivity (Wildman–Crippen MR) is 77.0 cm³/mol. The minimum atomic E-state index is 0.736. The fourth-order valence-electron chi connectivity index (χ4n) is 1.81. The van der Waals surface area contributed by atoms with Gasteiger partial charge >= 0.3 is 0 Å². The lowest BCUT2D eigenvalue weighted by atomic mass is 10.2. The van der Waals surface area contributed by atoms with Crippen LogP contribution in [0.3, 0.4) is 0 Å². The summed E-state index contributed by atoms with van der Waals surface area (Å²) in [5, 5.41) is 1.93. The van der Waals surface area contributed by atoms with E-state index in [1.807, 2.05) is 54.9 Å². The highest BCUT2D eigenvalue weighted by atomic mass is 35.5. The van der Waals surface area contributed by atoms with Crippen molar-refractivity contribution in [3.05, 3.63) is 65.3 Å². The highest BCUT2D eigenvalue weighted by Crippen LogP contribution is 2.20. The normalized spacial score (nSPS) is 11.4. The Kier molecular flexibility index (Phi) is 2.87. The van der Waals surface area contributed by atoms with Gasteiger partial charge in [0.05, 0.1) is 5.69 Å². The second-order valence-corrected chi connectivity index (χ2v) is 4.50. The maximum absolute atomic E-state index is 5.83. The monoisotopic (exact) mass is 254 g/mol. The molecule has 0 aliphatic carbocycles. The predicted octanol–water partition coefficient (Wildman–Crippen LogP) is 4.57. The Balaban J connectivity index is 1.88. The summed E-state index contributed by atoms with van der Waals surface area (Å²) >= 11 is 5.83. The molecule has 0 radical (unpaired) electrons. The first kappa shape index (κ1) is 11.1.